The fourth-order valence-corrected chi connectivity index (χ4v) is 9.23. The molecule has 0 saturated carbocycles. The van der Waals surface area contributed by atoms with Gasteiger partial charge >= 0.3 is 17.9 Å². The van der Waals surface area contributed by atoms with Crippen molar-refractivity contribution in [3.05, 3.63) is 0 Å². The number of esters is 3. The summed E-state index contributed by atoms with van der Waals surface area (Å²) in [5.74, 6) is 0.853. The Morgan fingerprint density at radius 3 is 0.742 bits per heavy atom. The van der Waals surface area contributed by atoms with E-state index in [1.807, 2.05) is 0 Å². The fourth-order valence-electron chi connectivity index (χ4n) is 9.23. The summed E-state index contributed by atoms with van der Waals surface area (Å²) >= 11 is 0. The van der Waals surface area contributed by atoms with Gasteiger partial charge in [0.25, 0.3) is 0 Å². The number of hydrogen-bond acceptors (Lipinski definition) is 6. The van der Waals surface area contributed by atoms with Crippen molar-refractivity contribution in [2.24, 2.45) is 11.8 Å². The number of unbranched alkanes of at least 4 members (excludes halogenated alkanes) is 39. The number of rotatable bonds is 54. The molecule has 6 nitrogen and oxygen atoms in total. The zero-order chi connectivity index (χ0) is 48.2. The van der Waals surface area contributed by atoms with Crippen LogP contribution in [0.4, 0.5) is 0 Å². The minimum Gasteiger partial charge on any atom is -0.462 e. The smallest absolute Gasteiger partial charge is 0.306 e. The second-order valence-electron chi connectivity index (χ2n) is 21.6. The maximum absolute atomic E-state index is 12.8. The normalized spacial score (nSPS) is 12.0. The molecule has 0 bridgehead atoms. The molecule has 0 spiro atoms. The lowest BCUT2D eigenvalue weighted by Crippen LogP contribution is -2.30. The number of carbonyl (C=O) groups is 3. The molecular formula is C60H116O6. The molecule has 1 atom stereocenters. The van der Waals surface area contributed by atoms with Gasteiger partial charge in [-0.2, -0.15) is 0 Å². The molecule has 0 N–H and O–H groups in total. The van der Waals surface area contributed by atoms with E-state index in [-0.39, 0.29) is 31.1 Å². The summed E-state index contributed by atoms with van der Waals surface area (Å²) in [7, 11) is 0. The molecule has 0 aromatic carbocycles. The van der Waals surface area contributed by atoms with Gasteiger partial charge in [0.15, 0.2) is 6.10 Å². The fraction of sp³-hybridized carbons (Fsp3) is 0.950. The van der Waals surface area contributed by atoms with Crippen LogP contribution in [0.1, 0.15) is 336 Å². The van der Waals surface area contributed by atoms with Gasteiger partial charge < -0.3 is 14.2 Å². The third-order valence-corrected chi connectivity index (χ3v) is 13.7. The number of hydrogen-bond donors (Lipinski definition) is 0. The quantitative estimate of drug-likeness (QED) is 0.0343. The third-order valence-electron chi connectivity index (χ3n) is 13.7. The number of ether oxygens (including phenoxy) is 3. The Kier molecular flexibility index (Phi) is 51.5. The predicted octanol–water partition coefficient (Wildman–Crippen LogP) is 19.7. The highest BCUT2D eigenvalue weighted by atomic mass is 16.6. The molecular weight excluding hydrogens is 817 g/mol. The Labute approximate surface area is 412 Å². The summed E-state index contributed by atoms with van der Waals surface area (Å²) in [6, 6.07) is 0. The Bertz CT molecular complexity index is 1010. The molecule has 0 aliphatic rings. The van der Waals surface area contributed by atoms with Crippen LogP contribution >= 0.6 is 0 Å². The van der Waals surface area contributed by atoms with Crippen LogP contribution in [0.25, 0.3) is 0 Å². The molecule has 66 heavy (non-hydrogen) atoms. The molecule has 0 aromatic rings. The Hall–Kier alpha value is -1.59. The number of carbonyl (C=O) groups excluding carboxylic acids is 3. The van der Waals surface area contributed by atoms with Gasteiger partial charge in [0.05, 0.1) is 0 Å². The molecule has 6 heteroatoms. The predicted molar refractivity (Wildman–Crippen MR) is 284 cm³/mol. The minimum atomic E-state index is -0.762. The average molecular weight is 934 g/mol. The van der Waals surface area contributed by atoms with E-state index in [0.29, 0.717) is 19.3 Å². The highest BCUT2D eigenvalue weighted by Crippen LogP contribution is 2.18. The van der Waals surface area contributed by atoms with E-state index in [1.54, 1.807) is 0 Å². The van der Waals surface area contributed by atoms with Crippen molar-refractivity contribution in [1.29, 1.82) is 0 Å². The molecule has 392 valence electrons. The van der Waals surface area contributed by atoms with Crippen LogP contribution in [-0.4, -0.2) is 37.2 Å². The van der Waals surface area contributed by atoms with Gasteiger partial charge in [0, 0.05) is 19.3 Å². The van der Waals surface area contributed by atoms with Gasteiger partial charge in [-0.25, -0.2) is 0 Å². The van der Waals surface area contributed by atoms with Crippen molar-refractivity contribution in [3.8, 4) is 0 Å². The van der Waals surface area contributed by atoms with E-state index in [1.165, 1.54) is 225 Å². The van der Waals surface area contributed by atoms with Crippen LogP contribution in [0.3, 0.4) is 0 Å². The molecule has 0 rings (SSSR count). The SMILES string of the molecule is CCCCCCCCCCCCCCC(=O)OC[C@@H](COC(=O)CCCCCCCCCCCCCCCCCCCCC(C)C)OC(=O)CCCCCCCCCCCCCCC(C)C. The zero-order valence-electron chi connectivity index (χ0n) is 45.3. The first-order valence-electron chi connectivity index (χ1n) is 29.7. The Morgan fingerprint density at radius 1 is 0.288 bits per heavy atom. The highest BCUT2D eigenvalue weighted by Gasteiger charge is 2.19. The molecule has 0 unspecified atom stereocenters. The lowest BCUT2D eigenvalue weighted by atomic mass is 10.0. The first-order chi connectivity index (χ1) is 32.2. The molecule has 0 aromatic heterocycles. The topological polar surface area (TPSA) is 78.9 Å². The maximum Gasteiger partial charge on any atom is 0.306 e. The van der Waals surface area contributed by atoms with Crippen molar-refractivity contribution in [1.82, 2.24) is 0 Å². The summed E-state index contributed by atoms with van der Waals surface area (Å²) in [5.41, 5.74) is 0. The standard InChI is InChI=1S/C60H116O6/c1-6-7-8-9-10-11-12-25-30-35-40-45-50-58(61)64-53-57(66-60(63)52-47-42-37-32-27-22-21-24-29-34-39-44-49-56(4)5)54-65-59(62)51-46-41-36-31-26-20-18-16-14-13-15-17-19-23-28-33-38-43-48-55(2)3/h55-57H,6-54H2,1-5H3/t57-/m0/s1. The van der Waals surface area contributed by atoms with Crippen LogP contribution in [-0.2, 0) is 28.6 Å². The lowest BCUT2D eigenvalue weighted by molar-refractivity contribution is -0.167. The van der Waals surface area contributed by atoms with Crippen molar-refractivity contribution in [2.45, 2.75) is 343 Å². The van der Waals surface area contributed by atoms with Gasteiger partial charge in [-0.15, -0.1) is 0 Å². The molecule has 0 aliphatic carbocycles. The first-order valence-corrected chi connectivity index (χ1v) is 29.7. The Morgan fingerprint density at radius 2 is 0.500 bits per heavy atom. The third kappa shape index (κ3) is 53.4. The summed E-state index contributed by atoms with van der Waals surface area (Å²) < 4.78 is 16.9. The molecule has 0 aliphatic heterocycles. The van der Waals surface area contributed by atoms with Crippen molar-refractivity contribution < 1.29 is 28.6 Å². The average Bonchev–Trinajstić information content (AvgIpc) is 3.29. The van der Waals surface area contributed by atoms with E-state index in [9.17, 15) is 14.4 Å². The summed E-state index contributed by atoms with van der Waals surface area (Å²) in [6.07, 6.45) is 56.7. The van der Waals surface area contributed by atoms with Crippen molar-refractivity contribution in [3.63, 3.8) is 0 Å². The minimum absolute atomic E-state index is 0.0624. The Balaban J connectivity index is 4.23. The van der Waals surface area contributed by atoms with Crippen LogP contribution < -0.4 is 0 Å². The second-order valence-corrected chi connectivity index (χ2v) is 21.6. The van der Waals surface area contributed by atoms with Gasteiger partial charge in [-0.1, -0.05) is 298 Å². The van der Waals surface area contributed by atoms with Crippen LogP contribution in [0.15, 0.2) is 0 Å². The van der Waals surface area contributed by atoms with E-state index >= 15 is 0 Å². The van der Waals surface area contributed by atoms with E-state index in [2.05, 4.69) is 34.6 Å². The van der Waals surface area contributed by atoms with Crippen LogP contribution in [0.2, 0.25) is 0 Å². The van der Waals surface area contributed by atoms with Gasteiger partial charge in [0.1, 0.15) is 13.2 Å². The van der Waals surface area contributed by atoms with Gasteiger partial charge in [-0.3, -0.25) is 14.4 Å². The molecule has 0 fully saturated rings. The van der Waals surface area contributed by atoms with E-state index in [4.69, 9.17) is 14.2 Å². The molecule has 0 heterocycles. The zero-order valence-corrected chi connectivity index (χ0v) is 45.3. The summed E-state index contributed by atoms with van der Waals surface area (Å²) in [5, 5.41) is 0. The van der Waals surface area contributed by atoms with E-state index in [0.717, 1.165) is 69.6 Å². The molecule has 0 radical (unpaired) electrons. The summed E-state index contributed by atoms with van der Waals surface area (Å²) in [6.45, 7) is 11.4. The van der Waals surface area contributed by atoms with Crippen molar-refractivity contribution >= 4 is 17.9 Å². The van der Waals surface area contributed by atoms with E-state index < -0.39 is 6.10 Å². The summed E-state index contributed by atoms with van der Waals surface area (Å²) in [4.78, 5) is 38.1. The highest BCUT2D eigenvalue weighted by molar-refractivity contribution is 5.71. The lowest BCUT2D eigenvalue weighted by Gasteiger charge is -2.18. The first kappa shape index (κ1) is 64.4. The van der Waals surface area contributed by atoms with Gasteiger partial charge in [0.2, 0.25) is 0 Å². The molecule has 0 saturated heterocycles. The maximum atomic E-state index is 12.8. The van der Waals surface area contributed by atoms with Crippen LogP contribution in [0.5, 0.6) is 0 Å². The van der Waals surface area contributed by atoms with Crippen LogP contribution in [0, 0.1) is 11.8 Å². The van der Waals surface area contributed by atoms with Crippen molar-refractivity contribution in [2.75, 3.05) is 13.2 Å². The second kappa shape index (κ2) is 52.8. The largest absolute Gasteiger partial charge is 0.462 e. The van der Waals surface area contributed by atoms with Gasteiger partial charge in [-0.05, 0) is 31.1 Å². The monoisotopic (exact) mass is 933 g/mol. The molecule has 0 amide bonds.